The van der Waals surface area contributed by atoms with Gasteiger partial charge in [-0.05, 0) is 14.1 Å². The summed E-state index contributed by atoms with van der Waals surface area (Å²) in [6, 6.07) is 0. The molecule has 0 saturated carbocycles. The number of nitrogens with zero attached hydrogens (tertiary/aromatic N) is 2. The number of aliphatic carboxylic acids is 1. The second-order valence-electron chi connectivity index (χ2n) is 2.39. The van der Waals surface area contributed by atoms with Gasteiger partial charge < -0.3 is 10.1 Å². The van der Waals surface area contributed by atoms with Gasteiger partial charge in [0.1, 0.15) is 0 Å². The lowest BCUT2D eigenvalue weighted by Crippen LogP contribution is -2.20. The number of imidazole rings is 1. The van der Waals surface area contributed by atoms with Gasteiger partial charge in [-0.25, -0.2) is 4.98 Å². The molecule has 2 N–H and O–H groups in total. The summed E-state index contributed by atoms with van der Waals surface area (Å²) in [6.07, 6.45) is 5.08. The van der Waals surface area contributed by atoms with E-state index in [1.165, 1.54) is 0 Å². The van der Waals surface area contributed by atoms with Crippen molar-refractivity contribution >= 4 is 5.97 Å². The lowest BCUT2D eigenvalue weighted by Gasteiger charge is -2.01. The number of hydrogen-bond acceptors (Lipinski definition) is 3. The Balaban J connectivity index is 0.000000211. The molecule has 0 amide bonds. The monoisotopic (exact) mass is 171 g/mol. The van der Waals surface area contributed by atoms with Gasteiger partial charge in [-0.3, -0.25) is 9.69 Å². The number of carboxylic acid groups (broad SMARTS) is 1. The molecule has 0 saturated heterocycles. The van der Waals surface area contributed by atoms with E-state index < -0.39 is 5.97 Å². The lowest BCUT2D eigenvalue weighted by atomic mass is 10.6. The molecule has 1 aromatic heterocycles. The molecule has 0 aliphatic rings. The molecule has 5 nitrogen and oxygen atoms in total. The smallest absolute Gasteiger partial charge is 0.317 e. The minimum Gasteiger partial charge on any atom is -0.480 e. The van der Waals surface area contributed by atoms with Crippen LogP contribution in [-0.2, 0) is 4.79 Å². The third kappa shape index (κ3) is 8.64. The summed E-state index contributed by atoms with van der Waals surface area (Å²) in [5.74, 6) is -0.787. The zero-order valence-corrected chi connectivity index (χ0v) is 7.19. The molecular weight excluding hydrogens is 158 g/mol. The predicted molar refractivity (Wildman–Crippen MR) is 44.8 cm³/mol. The molecule has 0 aromatic carbocycles. The number of aromatic amines is 1. The maximum atomic E-state index is 9.77. The number of hydrogen-bond donors (Lipinski definition) is 2. The highest BCUT2D eigenvalue weighted by Gasteiger charge is 1.94. The van der Waals surface area contributed by atoms with Crippen molar-refractivity contribution in [3.8, 4) is 0 Å². The van der Waals surface area contributed by atoms with Crippen LogP contribution in [0.2, 0.25) is 0 Å². The van der Waals surface area contributed by atoms with Gasteiger partial charge in [-0.2, -0.15) is 0 Å². The molecule has 1 rings (SSSR count). The standard InChI is InChI=1S/C4H9NO2.C3H4N2/c1-5(2)3-4(6)7;1-2-5-3-4-1/h3H2,1-2H3,(H,6,7);1-3H,(H,4,5). The van der Waals surface area contributed by atoms with Crippen LogP contribution in [0.5, 0.6) is 0 Å². The van der Waals surface area contributed by atoms with E-state index in [1.807, 2.05) is 0 Å². The highest BCUT2D eigenvalue weighted by atomic mass is 16.4. The fourth-order valence-corrected chi connectivity index (χ4v) is 0.486. The summed E-state index contributed by atoms with van der Waals surface area (Å²) in [5.41, 5.74) is 0. The van der Waals surface area contributed by atoms with Crippen molar-refractivity contribution in [2.45, 2.75) is 0 Å². The van der Waals surface area contributed by atoms with E-state index in [-0.39, 0.29) is 6.54 Å². The average molecular weight is 171 g/mol. The predicted octanol–water partition coefficient (Wildman–Crippen LogP) is 0.0423. The molecule has 68 valence electrons. The first-order valence-corrected chi connectivity index (χ1v) is 3.42. The second-order valence-corrected chi connectivity index (χ2v) is 2.39. The highest BCUT2D eigenvalue weighted by Crippen LogP contribution is 1.69. The van der Waals surface area contributed by atoms with E-state index in [2.05, 4.69) is 9.97 Å². The Kier molecular flexibility index (Phi) is 5.64. The van der Waals surface area contributed by atoms with Gasteiger partial charge in [0.15, 0.2) is 0 Å². The first-order chi connectivity index (χ1) is 5.63. The molecule has 0 radical (unpaired) electrons. The van der Waals surface area contributed by atoms with Crippen molar-refractivity contribution in [2.75, 3.05) is 20.6 Å². The fourth-order valence-electron chi connectivity index (χ4n) is 0.486. The molecular formula is C7H13N3O2. The van der Waals surface area contributed by atoms with Gasteiger partial charge in [-0.15, -0.1) is 0 Å². The van der Waals surface area contributed by atoms with E-state index >= 15 is 0 Å². The number of H-pyrrole nitrogens is 1. The maximum Gasteiger partial charge on any atom is 0.317 e. The summed E-state index contributed by atoms with van der Waals surface area (Å²) < 4.78 is 0. The fraction of sp³-hybridized carbons (Fsp3) is 0.429. The topological polar surface area (TPSA) is 69.2 Å². The summed E-state index contributed by atoms with van der Waals surface area (Å²) in [6.45, 7) is 0.111. The van der Waals surface area contributed by atoms with Crippen LogP contribution in [0.25, 0.3) is 0 Å². The number of rotatable bonds is 2. The zero-order valence-electron chi connectivity index (χ0n) is 7.19. The van der Waals surface area contributed by atoms with Crippen LogP contribution in [0.4, 0.5) is 0 Å². The number of nitrogens with one attached hydrogen (secondary N) is 1. The van der Waals surface area contributed by atoms with Crippen LogP contribution in [0.3, 0.4) is 0 Å². The molecule has 0 aliphatic heterocycles. The largest absolute Gasteiger partial charge is 0.480 e. The summed E-state index contributed by atoms with van der Waals surface area (Å²) in [7, 11) is 3.43. The molecule has 0 fully saturated rings. The molecule has 5 heteroatoms. The molecule has 12 heavy (non-hydrogen) atoms. The molecule has 0 aliphatic carbocycles. The number of likely N-dealkylation sites (N-methyl/N-ethyl adjacent to an activating group) is 1. The van der Waals surface area contributed by atoms with Gasteiger partial charge in [0.25, 0.3) is 0 Å². The summed E-state index contributed by atoms with van der Waals surface area (Å²) in [4.78, 5) is 17.8. The Morgan fingerprint density at radius 1 is 1.67 bits per heavy atom. The Hall–Kier alpha value is -1.36. The molecule has 0 bridgehead atoms. The van der Waals surface area contributed by atoms with Crippen LogP contribution < -0.4 is 0 Å². The van der Waals surface area contributed by atoms with Crippen LogP contribution in [0, 0.1) is 0 Å². The van der Waals surface area contributed by atoms with Crippen molar-refractivity contribution in [2.24, 2.45) is 0 Å². The summed E-state index contributed by atoms with van der Waals surface area (Å²) in [5, 5.41) is 8.04. The van der Waals surface area contributed by atoms with Crippen LogP contribution in [-0.4, -0.2) is 46.6 Å². The van der Waals surface area contributed by atoms with Gasteiger partial charge in [0.2, 0.25) is 0 Å². The first-order valence-electron chi connectivity index (χ1n) is 3.42. The highest BCUT2D eigenvalue weighted by molar-refractivity contribution is 5.68. The molecule has 0 spiro atoms. The third-order valence-electron chi connectivity index (χ3n) is 0.857. The minimum absolute atomic E-state index is 0.111. The van der Waals surface area contributed by atoms with E-state index in [4.69, 9.17) is 5.11 Å². The average Bonchev–Trinajstić information content (AvgIpc) is 2.36. The van der Waals surface area contributed by atoms with Gasteiger partial charge in [-0.1, -0.05) is 0 Å². The number of carboxylic acids is 1. The zero-order chi connectivity index (χ0) is 9.40. The Morgan fingerprint density at radius 3 is 2.42 bits per heavy atom. The third-order valence-corrected chi connectivity index (χ3v) is 0.857. The molecule has 0 unspecified atom stereocenters. The normalized spacial score (nSPS) is 8.92. The Bertz CT molecular complexity index is 179. The maximum absolute atomic E-state index is 9.77. The minimum atomic E-state index is -0.787. The van der Waals surface area contributed by atoms with Crippen molar-refractivity contribution in [1.29, 1.82) is 0 Å². The SMILES string of the molecule is CN(C)CC(=O)O.c1c[nH]cn1. The first kappa shape index (κ1) is 10.6. The molecule has 1 heterocycles. The van der Waals surface area contributed by atoms with Gasteiger partial charge in [0.05, 0.1) is 12.9 Å². The van der Waals surface area contributed by atoms with Gasteiger partial charge in [0, 0.05) is 12.4 Å². The Labute approximate surface area is 71.0 Å². The lowest BCUT2D eigenvalue weighted by molar-refractivity contribution is -0.137. The van der Waals surface area contributed by atoms with Crippen LogP contribution >= 0.6 is 0 Å². The number of aromatic nitrogens is 2. The van der Waals surface area contributed by atoms with E-state index in [9.17, 15) is 4.79 Å². The van der Waals surface area contributed by atoms with Crippen molar-refractivity contribution < 1.29 is 9.90 Å². The van der Waals surface area contributed by atoms with E-state index in [0.717, 1.165) is 0 Å². The van der Waals surface area contributed by atoms with E-state index in [0.29, 0.717) is 0 Å². The second kappa shape index (κ2) is 6.36. The van der Waals surface area contributed by atoms with Crippen LogP contribution in [0.1, 0.15) is 0 Å². The van der Waals surface area contributed by atoms with Gasteiger partial charge >= 0.3 is 5.97 Å². The van der Waals surface area contributed by atoms with Crippen molar-refractivity contribution in [3.63, 3.8) is 0 Å². The van der Waals surface area contributed by atoms with Crippen LogP contribution in [0.15, 0.2) is 18.7 Å². The number of carbonyl (C=O) groups is 1. The Morgan fingerprint density at radius 2 is 2.33 bits per heavy atom. The summed E-state index contributed by atoms with van der Waals surface area (Å²) >= 11 is 0. The molecule has 1 aromatic rings. The van der Waals surface area contributed by atoms with Crippen molar-refractivity contribution in [3.05, 3.63) is 18.7 Å². The van der Waals surface area contributed by atoms with E-state index in [1.54, 1.807) is 37.7 Å². The quantitative estimate of drug-likeness (QED) is 0.659. The molecule has 0 atom stereocenters. The van der Waals surface area contributed by atoms with Crippen molar-refractivity contribution in [1.82, 2.24) is 14.9 Å².